The lowest BCUT2D eigenvalue weighted by atomic mass is 9.88. The molecule has 0 spiro atoms. The van der Waals surface area contributed by atoms with Crippen molar-refractivity contribution >= 4 is 28.0 Å². The number of nitrogens with zero attached hydrogens (tertiary/aromatic N) is 2. The molecule has 0 radical (unpaired) electrons. The molecule has 32 heavy (non-hydrogen) atoms. The predicted molar refractivity (Wildman–Crippen MR) is 126 cm³/mol. The first-order valence-corrected chi connectivity index (χ1v) is 10.6. The van der Waals surface area contributed by atoms with Crippen LogP contribution in [0.4, 0.5) is 0 Å². The Morgan fingerprint density at radius 2 is 1.72 bits per heavy atom. The quantitative estimate of drug-likeness (QED) is 0.305. The summed E-state index contributed by atoms with van der Waals surface area (Å²) in [5.41, 5.74) is 1.31. The summed E-state index contributed by atoms with van der Waals surface area (Å²) in [6.45, 7) is 11.3. The number of aryl methyl sites for hydroxylation is 1. The van der Waals surface area contributed by atoms with Gasteiger partial charge in [-0.3, -0.25) is 9.59 Å². The number of hydrogen-bond acceptors (Lipinski definition) is 5. The van der Waals surface area contributed by atoms with Gasteiger partial charge in [-0.2, -0.15) is 0 Å². The first-order valence-electron chi connectivity index (χ1n) is 10.6. The molecule has 0 aliphatic carbocycles. The van der Waals surface area contributed by atoms with Gasteiger partial charge in [-0.25, -0.2) is 4.98 Å². The van der Waals surface area contributed by atoms with Crippen molar-refractivity contribution in [2.45, 2.75) is 47.0 Å². The fourth-order valence-electron chi connectivity index (χ4n) is 3.60. The zero-order chi connectivity index (χ0) is 23.4. The SMILES string of the molecule is Cn1c(-c2c(C(C)(C)C)oc3cc(OC(=O)C(C)(C)C)ccc3c2=O)nc2ccccc21. The highest BCUT2D eigenvalue weighted by Crippen LogP contribution is 2.35. The van der Waals surface area contributed by atoms with Crippen molar-refractivity contribution in [2.75, 3.05) is 0 Å². The van der Waals surface area contributed by atoms with Gasteiger partial charge in [-0.1, -0.05) is 32.9 Å². The molecule has 0 unspecified atom stereocenters. The van der Waals surface area contributed by atoms with Gasteiger partial charge in [0.2, 0.25) is 5.43 Å². The van der Waals surface area contributed by atoms with Crippen LogP contribution in [0.3, 0.4) is 0 Å². The number of imidazole rings is 1. The normalized spacial score (nSPS) is 12.5. The fraction of sp³-hybridized carbons (Fsp3) is 0.346. The lowest BCUT2D eigenvalue weighted by Crippen LogP contribution is -2.25. The van der Waals surface area contributed by atoms with Crippen LogP contribution in [0.5, 0.6) is 5.75 Å². The molecule has 2 aromatic carbocycles. The highest BCUT2D eigenvalue weighted by Gasteiger charge is 2.29. The van der Waals surface area contributed by atoms with Crippen molar-refractivity contribution in [3.8, 4) is 17.1 Å². The summed E-state index contributed by atoms with van der Waals surface area (Å²) in [5, 5.41) is 0.413. The van der Waals surface area contributed by atoms with Crippen molar-refractivity contribution in [1.82, 2.24) is 9.55 Å². The topological polar surface area (TPSA) is 74.3 Å². The van der Waals surface area contributed by atoms with Crippen LogP contribution in [0.2, 0.25) is 0 Å². The molecular formula is C26H28N2O4. The van der Waals surface area contributed by atoms with Gasteiger partial charge >= 0.3 is 5.97 Å². The Labute approximate surface area is 186 Å². The van der Waals surface area contributed by atoms with E-state index in [9.17, 15) is 9.59 Å². The van der Waals surface area contributed by atoms with Crippen LogP contribution in [0.1, 0.15) is 47.3 Å². The number of esters is 1. The molecule has 2 heterocycles. The van der Waals surface area contributed by atoms with Crippen LogP contribution >= 0.6 is 0 Å². The molecule has 0 atom stereocenters. The van der Waals surface area contributed by atoms with Crippen LogP contribution < -0.4 is 10.2 Å². The van der Waals surface area contributed by atoms with Gasteiger partial charge in [-0.15, -0.1) is 0 Å². The Hall–Kier alpha value is -3.41. The number of hydrogen-bond donors (Lipinski definition) is 0. The third kappa shape index (κ3) is 3.70. The minimum Gasteiger partial charge on any atom is -0.459 e. The van der Waals surface area contributed by atoms with Crippen LogP contribution in [0.15, 0.2) is 51.7 Å². The van der Waals surface area contributed by atoms with Crippen molar-refractivity contribution in [3.63, 3.8) is 0 Å². The van der Waals surface area contributed by atoms with E-state index in [0.29, 0.717) is 33.9 Å². The lowest BCUT2D eigenvalue weighted by molar-refractivity contribution is -0.142. The standard InChI is InChI=1S/C26H28N2O4/c1-25(2,3)22-20(23-27-17-10-8-9-11-18(17)28(23)7)21(29)16-13-12-15(14-19(16)32-22)31-24(30)26(4,5)6/h8-14H,1-7H3. The molecule has 6 nitrogen and oxygen atoms in total. The Balaban J connectivity index is 1.96. The molecule has 0 aliphatic heterocycles. The van der Waals surface area contributed by atoms with E-state index in [2.05, 4.69) is 0 Å². The summed E-state index contributed by atoms with van der Waals surface area (Å²) in [6.07, 6.45) is 0. The highest BCUT2D eigenvalue weighted by molar-refractivity contribution is 5.87. The van der Waals surface area contributed by atoms with Gasteiger partial charge in [0.15, 0.2) is 0 Å². The van der Waals surface area contributed by atoms with Crippen LogP contribution in [0.25, 0.3) is 33.4 Å². The average molecular weight is 433 g/mol. The molecule has 4 rings (SSSR count). The molecule has 0 saturated carbocycles. The second kappa shape index (κ2) is 7.33. The van der Waals surface area contributed by atoms with Crippen molar-refractivity contribution < 1.29 is 13.9 Å². The molecule has 2 aromatic heterocycles. The van der Waals surface area contributed by atoms with E-state index in [1.165, 1.54) is 0 Å². The molecule has 0 saturated heterocycles. The number of para-hydroxylation sites is 2. The number of carbonyl (C=O) groups excluding carboxylic acids is 1. The number of benzene rings is 2. The number of ether oxygens (including phenoxy) is 1. The molecule has 0 bridgehead atoms. The van der Waals surface area contributed by atoms with E-state index in [1.54, 1.807) is 39.0 Å². The zero-order valence-corrected chi connectivity index (χ0v) is 19.6. The van der Waals surface area contributed by atoms with E-state index in [-0.39, 0.29) is 11.4 Å². The van der Waals surface area contributed by atoms with E-state index < -0.39 is 10.8 Å². The number of carbonyl (C=O) groups is 1. The van der Waals surface area contributed by atoms with E-state index in [4.69, 9.17) is 14.1 Å². The van der Waals surface area contributed by atoms with Crippen molar-refractivity contribution in [2.24, 2.45) is 12.5 Å². The molecule has 6 heteroatoms. The maximum Gasteiger partial charge on any atom is 0.316 e. The van der Waals surface area contributed by atoms with Crippen LogP contribution in [-0.2, 0) is 17.3 Å². The Kier molecular flexibility index (Phi) is 4.99. The van der Waals surface area contributed by atoms with Gasteiger partial charge < -0.3 is 13.7 Å². The minimum absolute atomic E-state index is 0.164. The highest BCUT2D eigenvalue weighted by atomic mass is 16.5. The first kappa shape index (κ1) is 21.8. The van der Waals surface area contributed by atoms with Gasteiger partial charge in [0, 0.05) is 18.5 Å². The fourth-order valence-corrected chi connectivity index (χ4v) is 3.60. The summed E-state index contributed by atoms with van der Waals surface area (Å²) in [5.74, 6) is 1.09. The number of aromatic nitrogens is 2. The Morgan fingerprint density at radius 3 is 2.34 bits per heavy atom. The minimum atomic E-state index is -0.642. The maximum atomic E-state index is 13.7. The predicted octanol–water partition coefficient (Wildman–Crippen LogP) is 5.60. The largest absolute Gasteiger partial charge is 0.459 e. The van der Waals surface area contributed by atoms with Crippen LogP contribution in [0, 0.1) is 5.41 Å². The maximum absolute atomic E-state index is 13.7. The van der Waals surface area contributed by atoms with E-state index in [0.717, 1.165) is 11.0 Å². The zero-order valence-electron chi connectivity index (χ0n) is 19.6. The van der Waals surface area contributed by atoms with Crippen LogP contribution in [-0.4, -0.2) is 15.5 Å². The first-order chi connectivity index (χ1) is 14.9. The smallest absolute Gasteiger partial charge is 0.316 e. The van der Waals surface area contributed by atoms with Crippen molar-refractivity contribution in [3.05, 3.63) is 58.4 Å². The summed E-state index contributed by atoms with van der Waals surface area (Å²) < 4.78 is 13.7. The second-order valence-corrected chi connectivity index (χ2v) is 10.2. The average Bonchev–Trinajstić information content (AvgIpc) is 3.03. The van der Waals surface area contributed by atoms with Gasteiger partial charge in [0.1, 0.15) is 28.5 Å². The monoisotopic (exact) mass is 432 g/mol. The number of rotatable bonds is 2. The lowest BCUT2D eigenvalue weighted by Gasteiger charge is -2.21. The molecule has 0 fully saturated rings. The Bertz CT molecular complexity index is 1410. The summed E-state index contributed by atoms with van der Waals surface area (Å²) in [7, 11) is 1.90. The molecule has 0 amide bonds. The third-order valence-electron chi connectivity index (χ3n) is 5.38. The second-order valence-electron chi connectivity index (χ2n) is 10.2. The van der Waals surface area contributed by atoms with Gasteiger partial charge in [-0.05, 0) is 45.0 Å². The summed E-state index contributed by atoms with van der Waals surface area (Å²) >= 11 is 0. The van der Waals surface area contributed by atoms with E-state index in [1.807, 2.05) is 56.7 Å². The van der Waals surface area contributed by atoms with Gasteiger partial charge in [0.25, 0.3) is 0 Å². The third-order valence-corrected chi connectivity index (χ3v) is 5.38. The molecule has 4 aromatic rings. The number of fused-ring (bicyclic) bond motifs is 2. The molecule has 0 aliphatic rings. The summed E-state index contributed by atoms with van der Waals surface area (Å²) in [4.78, 5) is 30.7. The molecule has 0 N–H and O–H groups in total. The van der Waals surface area contributed by atoms with Gasteiger partial charge in [0.05, 0.1) is 21.8 Å². The molecule has 166 valence electrons. The van der Waals surface area contributed by atoms with E-state index >= 15 is 0 Å². The summed E-state index contributed by atoms with van der Waals surface area (Å²) in [6, 6.07) is 12.6. The van der Waals surface area contributed by atoms with Crippen molar-refractivity contribution in [1.29, 1.82) is 0 Å². The molecular weight excluding hydrogens is 404 g/mol. The Morgan fingerprint density at radius 1 is 1.03 bits per heavy atom.